The number of nitrogens with zero attached hydrogens (tertiary/aromatic N) is 1. The summed E-state index contributed by atoms with van der Waals surface area (Å²) >= 11 is 0. The minimum Gasteiger partial charge on any atom is -0.378 e. The van der Waals surface area contributed by atoms with Crippen molar-refractivity contribution in [3.05, 3.63) is 71.3 Å². The summed E-state index contributed by atoms with van der Waals surface area (Å²) < 4.78 is 26.5. The monoisotopic (exact) mass is 287 g/mol. The molecule has 0 saturated carbocycles. The second kappa shape index (κ2) is 6.31. The number of benzene rings is 2. The first-order valence-electron chi connectivity index (χ1n) is 6.43. The number of rotatable bonds is 4. The van der Waals surface area contributed by atoms with Crippen molar-refractivity contribution in [1.82, 2.24) is 0 Å². The summed E-state index contributed by atoms with van der Waals surface area (Å²) in [4.78, 5) is 13.9. The van der Waals surface area contributed by atoms with Crippen LogP contribution in [0.15, 0.2) is 48.5 Å². The van der Waals surface area contributed by atoms with Crippen molar-refractivity contribution in [2.45, 2.75) is 0 Å². The van der Waals surface area contributed by atoms with E-state index in [1.54, 1.807) is 12.1 Å². The molecule has 0 amide bonds. The number of ketones is 1. The van der Waals surface area contributed by atoms with Crippen LogP contribution in [0.3, 0.4) is 0 Å². The van der Waals surface area contributed by atoms with Crippen molar-refractivity contribution < 1.29 is 13.6 Å². The number of hydrogen-bond acceptors (Lipinski definition) is 2. The van der Waals surface area contributed by atoms with Crippen molar-refractivity contribution in [3.8, 4) is 0 Å². The number of hydrogen-bond donors (Lipinski definition) is 0. The van der Waals surface area contributed by atoms with Gasteiger partial charge in [-0.2, -0.15) is 0 Å². The first kappa shape index (κ1) is 14.9. The lowest BCUT2D eigenvalue weighted by Gasteiger charge is -2.11. The molecule has 0 aliphatic rings. The van der Waals surface area contributed by atoms with Crippen LogP contribution in [-0.4, -0.2) is 19.9 Å². The average molecular weight is 287 g/mol. The van der Waals surface area contributed by atoms with Gasteiger partial charge >= 0.3 is 0 Å². The Kier molecular flexibility index (Phi) is 4.48. The van der Waals surface area contributed by atoms with Gasteiger partial charge in [0, 0.05) is 30.9 Å². The third-order valence-corrected chi connectivity index (χ3v) is 3.06. The van der Waals surface area contributed by atoms with Gasteiger partial charge in [-0.15, -0.1) is 0 Å². The summed E-state index contributed by atoms with van der Waals surface area (Å²) in [6, 6.07) is 10.9. The van der Waals surface area contributed by atoms with Crippen molar-refractivity contribution >= 4 is 17.5 Å². The zero-order valence-electron chi connectivity index (χ0n) is 11.8. The normalized spacial score (nSPS) is 10.9. The van der Waals surface area contributed by atoms with Crippen LogP contribution in [-0.2, 0) is 0 Å². The number of carbonyl (C=O) groups excluding carboxylic acids is 1. The molecular weight excluding hydrogens is 272 g/mol. The summed E-state index contributed by atoms with van der Waals surface area (Å²) in [5, 5.41) is 0. The molecule has 0 atom stereocenters. The quantitative estimate of drug-likeness (QED) is 0.627. The number of anilines is 1. The lowest BCUT2D eigenvalue weighted by atomic mass is 10.1. The number of halogens is 2. The molecule has 4 heteroatoms. The first-order valence-corrected chi connectivity index (χ1v) is 6.43. The largest absolute Gasteiger partial charge is 0.378 e. The standard InChI is InChI=1S/C17H15F2NO/c1-20(2)14-9-6-12(7-10-14)16(21)11-8-13-4-3-5-15(18)17(13)19/h3-11H,1-2H3/b11-8+. The topological polar surface area (TPSA) is 20.3 Å². The molecule has 0 aromatic heterocycles. The molecule has 2 aromatic rings. The highest BCUT2D eigenvalue weighted by molar-refractivity contribution is 6.06. The summed E-state index contributed by atoms with van der Waals surface area (Å²) in [6.07, 6.45) is 2.52. The average Bonchev–Trinajstić information content (AvgIpc) is 2.48. The van der Waals surface area contributed by atoms with Gasteiger partial charge in [0.1, 0.15) is 0 Å². The van der Waals surface area contributed by atoms with Gasteiger partial charge in [-0.1, -0.05) is 12.1 Å². The maximum absolute atomic E-state index is 13.5. The number of allylic oxidation sites excluding steroid dienone is 1. The Morgan fingerprint density at radius 3 is 2.33 bits per heavy atom. The van der Waals surface area contributed by atoms with E-state index < -0.39 is 11.6 Å². The molecular formula is C17H15F2NO. The number of carbonyl (C=O) groups is 1. The SMILES string of the molecule is CN(C)c1ccc(C(=O)/C=C/c2cccc(F)c2F)cc1. The highest BCUT2D eigenvalue weighted by atomic mass is 19.2. The molecule has 0 heterocycles. The molecule has 2 nitrogen and oxygen atoms in total. The summed E-state index contributed by atoms with van der Waals surface area (Å²) in [6.45, 7) is 0. The van der Waals surface area contributed by atoms with Crippen LogP contribution in [0.4, 0.5) is 14.5 Å². The lowest BCUT2D eigenvalue weighted by molar-refractivity contribution is 0.104. The molecule has 0 unspecified atom stereocenters. The van der Waals surface area contributed by atoms with E-state index in [1.165, 1.54) is 24.3 Å². The summed E-state index contributed by atoms with van der Waals surface area (Å²) in [5.74, 6) is -2.14. The van der Waals surface area contributed by atoms with Crippen molar-refractivity contribution in [2.75, 3.05) is 19.0 Å². The molecule has 2 rings (SSSR count). The predicted octanol–water partition coefficient (Wildman–Crippen LogP) is 3.93. The Morgan fingerprint density at radius 2 is 1.71 bits per heavy atom. The van der Waals surface area contributed by atoms with Gasteiger partial charge in [0.05, 0.1) is 0 Å². The fraction of sp³-hybridized carbons (Fsp3) is 0.118. The fourth-order valence-electron chi connectivity index (χ4n) is 1.83. The van der Waals surface area contributed by atoms with E-state index in [0.717, 1.165) is 11.8 Å². The fourth-order valence-corrected chi connectivity index (χ4v) is 1.83. The van der Waals surface area contributed by atoms with Gasteiger partial charge in [0.25, 0.3) is 0 Å². The minimum atomic E-state index is -0.954. The summed E-state index contributed by atoms with van der Waals surface area (Å²) in [7, 11) is 3.81. The zero-order chi connectivity index (χ0) is 15.4. The zero-order valence-corrected chi connectivity index (χ0v) is 11.8. The van der Waals surface area contributed by atoms with Crippen LogP contribution in [0.25, 0.3) is 6.08 Å². The van der Waals surface area contributed by atoms with E-state index in [0.29, 0.717) is 5.56 Å². The third kappa shape index (κ3) is 3.54. The molecule has 0 radical (unpaired) electrons. The first-order chi connectivity index (χ1) is 9.99. The predicted molar refractivity (Wildman–Crippen MR) is 80.5 cm³/mol. The molecule has 0 spiro atoms. The van der Waals surface area contributed by atoms with E-state index in [2.05, 4.69) is 0 Å². The highest BCUT2D eigenvalue weighted by Gasteiger charge is 2.06. The van der Waals surface area contributed by atoms with Gasteiger partial charge < -0.3 is 4.90 Å². The summed E-state index contributed by atoms with van der Waals surface area (Å²) in [5.41, 5.74) is 1.52. The molecule has 2 aromatic carbocycles. The molecule has 21 heavy (non-hydrogen) atoms. The second-order valence-corrected chi connectivity index (χ2v) is 4.78. The van der Waals surface area contributed by atoms with Crippen LogP contribution < -0.4 is 4.90 Å². The molecule has 0 N–H and O–H groups in total. The molecule has 0 aliphatic heterocycles. The van der Waals surface area contributed by atoms with Crippen molar-refractivity contribution in [3.63, 3.8) is 0 Å². The Labute approximate surface area is 122 Å². The Balaban J connectivity index is 2.17. The minimum absolute atomic E-state index is 0.0493. The molecule has 0 aliphatic carbocycles. The van der Waals surface area contributed by atoms with E-state index >= 15 is 0 Å². The van der Waals surface area contributed by atoms with Gasteiger partial charge in [0.2, 0.25) is 0 Å². The van der Waals surface area contributed by atoms with E-state index in [9.17, 15) is 13.6 Å². The van der Waals surface area contributed by atoms with Crippen LogP contribution in [0.2, 0.25) is 0 Å². The van der Waals surface area contributed by atoms with Crippen LogP contribution in [0.1, 0.15) is 15.9 Å². The maximum atomic E-state index is 13.5. The van der Waals surface area contributed by atoms with Crippen LogP contribution >= 0.6 is 0 Å². The molecule has 0 saturated heterocycles. The van der Waals surface area contributed by atoms with Gasteiger partial charge in [-0.05, 0) is 42.5 Å². The Morgan fingerprint density at radius 1 is 1.05 bits per heavy atom. The van der Waals surface area contributed by atoms with Crippen LogP contribution in [0, 0.1) is 11.6 Å². The van der Waals surface area contributed by atoms with Crippen molar-refractivity contribution in [1.29, 1.82) is 0 Å². The van der Waals surface area contributed by atoms with E-state index in [1.807, 2.05) is 31.1 Å². The highest BCUT2D eigenvalue weighted by Crippen LogP contribution is 2.15. The van der Waals surface area contributed by atoms with Gasteiger partial charge in [0.15, 0.2) is 17.4 Å². The van der Waals surface area contributed by atoms with Crippen LogP contribution in [0.5, 0.6) is 0 Å². The smallest absolute Gasteiger partial charge is 0.185 e. The Bertz CT molecular complexity index is 676. The third-order valence-electron chi connectivity index (χ3n) is 3.06. The van der Waals surface area contributed by atoms with E-state index in [-0.39, 0.29) is 11.3 Å². The Hall–Kier alpha value is -2.49. The van der Waals surface area contributed by atoms with E-state index in [4.69, 9.17) is 0 Å². The van der Waals surface area contributed by atoms with Gasteiger partial charge in [-0.25, -0.2) is 8.78 Å². The second-order valence-electron chi connectivity index (χ2n) is 4.78. The molecule has 0 bridgehead atoms. The molecule has 0 fully saturated rings. The molecule has 108 valence electrons. The lowest BCUT2D eigenvalue weighted by Crippen LogP contribution is -2.08. The van der Waals surface area contributed by atoms with Crippen molar-refractivity contribution in [2.24, 2.45) is 0 Å². The maximum Gasteiger partial charge on any atom is 0.185 e. The van der Waals surface area contributed by atoms with Gasteiger partial charge in [-0.3, -0.25) is 4.79 Å².